The van der Waals surface area contributed by atoms with Gasteiger partial charge in [0.1, 0.15) is 5.52 Å². The zero-order valence-electron chi connectivity index (χ0n) is 15.5. The number of fused-ring (bicyclic) bond motifs is 2. The summed E-state index contributed by atoms with van der Waals surface area (Å²) >= 11 is 0. The first-order valence-corrected chi connectivity index (χ1v) is 9.30. The van der Waals surface area contributed by atoms with Crippen molar-refractivity contribution in [3.8, 4) is 11.5 Å². The Morgan fingerprint density at radius 3 is 2.66 bits per heavy atom. The maximum atomic E-state index is 12.5. The predicted octanol–water partition coefficient (Wildman–Crippen LogP) is 3.14. The molecule has 29 heavy (non-hydrogen) atoms. The SMILES string of the molecule is O=C(NCc1ccc2c(c1)OCO2)c1ccc(Cn2nnc3ccccc32)cc1. The summed E-state index contributed by atoms with van der Waals surface area (Å²) in [6, 6.07) is 21.0. The van der Waals surface area contributed by atoms with Gasteiger partial charge in [-0.2, -0.15) is 0 Å². The first kappa shape index (κ1) is 17.2. The maximum Gasteiger partial charge on any atom is 0.251 e. The molecule has 0 saturated heterocycles. The quantitative estimate of drug-likeness (QED) is 0.570. The van der Waals surface area contributed by atoms with Crippen LogP contribution in [0.15, 0.2) is 66.7 Å². The van der Waals surface area contributed by atoms with E-state index in [4.69, 9.17) is 9.47 Å². The highest BCUT2D eigenvalue weighted by atomic mass is 16.7. The second-order valence-corrected chi connectivity index (χ2v) is 6.80. The monoisotopic (exact) mass is 386 g/mol. The van der Waals surface area contributed by atoms with Crippen LogP contribution >= 0.6 is 0 Å². The molecule has 2 heterocycles. The largest absolute Gasteiger partial charge is 0.454 e. The predicted molar refractivity (Wildman–Crippen MR) is 107 cm³/mol. The third kappa shape index (κ3) is 3.50. The smallest absolute Gasteiger partial charge is 0.251 e. The van der Waals surface area contributed by atoms with Gasteiger partial charge >= 0.3 is 0 Å². The average molecular weight is 386 g/mol. The van der Waals surface area contributed by atoms with E-state index >= 15 is 0 Å². The van der Waals surface area contributed by atoms with E-state index in [0.717, 1.165) is 27.9 Å². The lowest BCUT2D eigenvalue weighted by atomic mass is 10.1. The lowest BCUT2D eigenvalue weighted by Gasteiger charge is -2.08. The summed E-state index contributed by atoms with van der Waals surface area (Å²) in [5, 5.41) is 11.3. The van der Waals surface area contributed by atoms with Crippen LogP contribution in [0, 0.1) is 0 Å². The highest BCUT2D eigenvalue weighted by molar-refractivity contribution is 5.94. The summed E-state index contributed by atoms with van der Waals surface area (Å²) < 4.78 is 12.5. The Kier molecular flexibility index (Phi) is 4.32. The van der Waals surface area contributed by atoms with E-state index < -0.39 is 0 Å². The molecule has 0 bridgehead atoms. The third-order valence-electron chi connectivity index (χ3n) is 4.86. The van der Waals surface area contributed by atoms with E-state index in [0.29, 0.717) is 24.4 Å². The molecule has 0 fully saturated rings. The average Bonchev–Trinajstić information content (AvgIpc) is 3.39. The van der Waals surface area contributed by atoms with Gasteiger partial charge in [0.25, 0.3) is 5.91 Å². The van der Waals surface area contributed by atoms with Crippen LogP contribution in [0.4, 0.5) is 0 Å². The number of hydrogen-bond donors (Lipinski definition) is 1. The highest BCUT2D eigenvalue weighted by Crippen LogP contribution is 2.32. The minimum atomic E-state index is -0.125. The lowest BCUT2D eigenvalue weighted by Crippen LogP contribution is -2.22. The molecule has 7 heteroatoms. The Bertz CT molecular complexity index is 1180. The third-order valence-corrected chi connectivity index (χ3v) is 4.86. The van der Waals surface area contributed by atoms with Gasteiger partial charge in [0.2, 0.25) is 6.79 Å². The minimum Gasteiger partial charge on any atom is -0.454 e. The number of amides is 1. The topological polar surface area (TPSA) is 78.3 Å². The first-order valence-electron chi connectivity index (χ1n) is 9.30. The Balaban J connectivity index is 1.23. The normalized spacial score (nSPS) is 12.3. The molecule has 0 unspecified atom stereocenters. The highest BCUT2D eigenvalue weighted by Gasteiger charge is 2.14. The second kappa shape index (κ2) is 7.27. The molecule has 144 valence electrons. The van der Waals surface area contributed by atoms with E-state index in [2.05, 4.69) is 15.6 Å². The van der Waals surface area contributed by atoms with Gasteiger partial charge < -0.3 is 14.8 Å². The van der Waals surface area contributed by atoms with Crippen LogP contribution in [0.1, 0.15) is 21.5 Å². The number of nitrogens with zero attached hydrogens (tertiary/aromatic N) is 3. The molecule has 0 spiro atoms. The van der Waals surface area contributed by atoms with Crippen molar-refractivity contribution < 1.29 is 14.3 Å². The summed E-state index contributed by atoms with van der Waals surface area (Å²) in [5.41, 5.74) is 4.47. The second-order valence-electron chi connectivity index (χ2n) is 6.80. The van der Waals surface area contributed by atoms with Crippen molar-refractivity contribution in [2.45, 2.75) is 13.1 Å². The lowest BCUT2D eigenvalue weighted by molar-refractivity contribution is 0.0951. The summed E-state index contributed by atoms with van der Waals surface area (Å²) in [6.45, 7) is 1.25. The van der Waals surface area contributed by atoms with E-state index in [1.54, 1.807) is 0 Å². The molecule has 1 aliphatic rings. The Morgan fingerprint density at radius 1 is 0.966 bits per heavy atom. The first-order chi connectivity index (χ1) is 14.3. The van der Waals surface area contributed by atoms with Crippen LogP contribution in [0.3, 0.4) is 0 Å². The van der Waals surface area contributed by atoms with Gasteiger partial charge in [0.15, 0.2) is 11.5 Å². The van der Waals surface area contributed by atoms with Crippen molar-refractivity contribution in [3.05, 3.63) is 83.4 Å². The van der Waals surface area contributed by atoms with Crippen molar-refractivity contribution in [1.82, 2.24) is 20.3 Å². The number of para-hydroxylation sites is 1. The van der Waals surface area contributed by atoms with Gasteiger partial charge in [-0.25, -0.2) is 4.68 Å². The van der Waals surface area contributed by atoms with Crippen molar-refractivity contribution in [2.75, 3.05) is 6.79 Å². The number of ether oxygens (including phenoxy) is 2. The number of carbonyl (C=O) groups is 1. The minimum absolute atomic E-state index is 0.125. The van der Waals surface area contributed by atoms with Crippen LogP contribution in [0.25, 0.3) is 11.0 Å². The van der Waals surface area contributed by atoms with Gasteiger partial charge in [-0.05, 0) is 47.5 Å². The molecule has 1 aromatic heterocycles. The fourth-order valence-corrected chi connectivity index (χ4v) is 3.30. The van der Waals surface area contributed by atoms with Crippen molar-refractivity contribution >= 4 is 16.9 Å². The fourth-order valence-electron chi connectivity index (χ4n) is 3.30. The van der Waals surface area contributed by atoms with E-state index in [-0.39, 0.29) is 12.7 Å². The van der Waals surface area contributed by atoms with Gasteiger partial charge in [-0.15, -0.1) is 5.10 Å². The van der Waals surface area contributed by atoms with E-state index in [9.17, 15) is 4.79 Å². The number of nitrogens with one attached hydrogen (secondary N) is 1. The van der Waals surface area contributed by atoms with Gasteiger partial charge in [0.05, 0.1) is 12.1 Å². The van der Waals surface area contributed by atoms with Crippen molar-refractivity contribution in [1.29, 1.82) is 0 Å². The van der Waals surface area contributed by atoms with Gasteiger partial charge in [0, 0.05) is 12.1 Å². The van der Waals surface area contributed by atoms with Crippen LogP contribution in [0.2, 0.25) is 0 Å². The van der Waals surface area contributed by atoms with Crippen LogP contribution in [-0.4, -0.2) is 27.7 Å². The van der Waals surface area contributed by atoms with Gasteiger partial charge in [-0.3, -0.25) is 4.79 Å². The molecule has 7 nitrogen and oxygen atoms in total. The summed E-state index contributed by atoms with van der Waals surface area (Å²) in [7, 11) is 0. The zero-order valence-corrected chi connectivity index (χ0v) is 15.5. The molecule has 1 amide bonds. The Hall–Kier alpha value is -3.87. The molecule has 0 radical (unpaired) electrons. The molecule has 4 aromatic rings. The maximum absolute atomic E-state index is 12.5. The van der Waals surface area contributed by atoms with Crippen LogP contribution in [0.5, 0.6) is 11.5 Å². The number of carbonyl (C=O) groups excluding carboxylic acids is 1. The molecular formula is C22H18N4O3. The van der Waals surface area contributed by atoms with Crippen molar-refractivity contribution in [2.24, 2.45) is 0 Å². The summed E-state index contributed by atoms with van der Waals surface area (Å²) in [4.78, 5) is 12.5. The van der Waals surface area contributed by atoms with Crippen LogP contribution < -0.4 is 14.8 Å². The molecule has 0 saturated carbocycles. The fraction of sp³-hybridized carbons (Fsp3) is 0.136. The Labute approximate surface area is 166 Å². The van der Waals surface area contributed by atoms with E-state index in [1.807, 2.05) is 71.4 Å². The summed E-state index contributed by atoms with van der Waals surface area (Å²) in [6.07, 6.45) is 0. The van der Waals surface area contributed by atoms with Gasteiger partial charge in [-0.1, -0.05) is 35.5 Å². The number of aromatic nitrogens is 3. The number of hydrogen-bond acceptors (Lipinski definition) is 5. The molecule has 3 aromatic carbocycles. The molecule has 5 rings (SSSR count). The molecule has 1 aliphatic heterocycles. The zero-order chi connectivity index (χ0) is 19.6. The molecule has 0 atom stereocenters. The molecule has 1 N–H and O–H groups in total. The van der Waals surface area contributed by atoms with E-state index in [1.165, 1.54) is 0 Å². The van der Waals surface area contributed by atoms with Crippen molar-refractivity contribution in [3.63, 3.8) is 0 Å². The Morgan fingerprint density at radius 2 is 1.76 bits per heavy atom. The molecular weight excluding hydrogens is 368 g/mol. The van der Waals surface area contributed by atoms with Crippen LogP contribution in [-0.2, 0) is 13.1 Å². The number of benzene rings is 3. The summed E-state index contributed by atoms with van der Waals surface area (Å²) in [5.74, 6) is 1.32. The molecule has 0 aliphatic carbocycles. The number of rotatable bonds is 5. The standard InChI is InChI=1S/C22H18N4O3/c27-22(23-12-16-7-10-20-21(11-16)29-14-28-20)17-8-5-15(6-9-17)13-26-19-4-2-1-3-18(19)24-25-26/h1-11H,12-14H2,(H,23,27).